The van der Waals surface area contributed by atoms with Gasteiger partial charge >= 0.3 is 5.97 Å². The van der Waals surface area contributed by atoms with Gasteiger partial charge in [0.1, 0.15) is 11.2 Å². The van der Waals surface area contributed by atoms with E-state index in [4.69, 9.17) is 4.74 Å². The van der Waals surface area contributed by atoms with Crippen LogP contribution in [-0.4, -0.2) is 45.0 Å². The van der Waals surface area contributed by atoms with Crippen molar-refractivity contribution in [2.24, 2.45) is 12.5 Å². The van der Waals surface area contributed by atoms with Crippen LogP contribution in [0.1, 0.15) is 37.7 Å². The second kappa shape index (κ2) is 5.77. The lowest BCUT2D eigenvalue weighted by molar-refractivity contribution is -0.190. The molecular weight excluding hydrogens is 302 g/mol. The molecule has 2 unspecified atom stereocenters. The molecule has 8 heteroatoms. The van der Waals surface area contributed by atoms with E-state index in [1.54, 1.807) is 13.8 Å². The molecule has 0 spiro atoms. The number of carboxylic acid groups (broad SMARTS) is 1. The first-order valence-corrected chi connectivity index (χ1v) is 7.37. The van der Waals surface area contributed by atoms with E-state index in [1.165, 1.54) is 19.2 Å². The number of nitrogens with zero attached hydrogens (tertiary/aromatic N) is 2. The van der Waals surface area contributed by atoms with E-state index >= 15 is 0 Å². The first-order valence-electron chi connectivity index (χ1n) is 7.37. The standard InChI is InChI=1S/C15H21N3O5/c1-5-23-10-8-15(13(21)22,14(10,2)3)16-12(20)9-6-7-11(19)18(4)17-9/h6-7,10H,5,8H2,1-4H3,(H,16,20)(H,21,22). The number of amides is 1. The normalized spacial score (nSPS) is 25.5. The van der Waals surface area contributed by atoms with Crippen LogP contribution in [0.5, 0.6) is 0 Å². The van der Waals surface area contributed by atoms with Gasteiger partial charge in [-0.3, -0.25) is 9.59 Å². The number of rotatable bonds is 5. The minimum absolute atomic E-state index is 0.0108. The minimum Gasteiger partial charge on any atom is -0.479 e. The van der Waals surface area contributed by atoms with Gasteiger partial charge in [0.05, 0.1) is 6.10 Å². The first kappa shape index (κ1) is 17.1. The highest BCUT2D eigenvalue weighted by molar-refractivity contribution is 5.97. The molecule has 0 aromatic carbocycles. The molecule has 1 saturated carbocycles. The summed E-state index contributed by atoms with van der Waals surface area (Å²) in [6, 6.07) is 2.49. The zero-order chi connectivity index (χ0) is 17.4. The molecule has 1 aromatic rings. The summed E-state index contributed by atoms with van der Waals surface area (Å²) in [6.45, 7) is 5.81. The maximum atomic E-state index is 12.4. The fraction of sp³-hybridized carbons (Fsp3) is 0.600. The zero-order valence-electron chi connectivity index (χ0n) is 13.6. The van der Waals surface area contributed by atoms with Crippen molar-refractivity contribution in [3.63, 3.8) is 0 Å². The molecule has 126 valence electrons. The summed E-state index contributed by atoms with van der Waals surface area (Å²) in [5.41, 5.74) is -2.57. The summed E-state index contributed by atoms with van der Waals surface area (Å²) in [6.07, 6.45) is -0.0716. The smallest absolute Gasteiger partial charge is 0.330 e. The number of carboxylic acids is 1. The number of aliphatic carboxylic acids is 1. The third kappa shape index (κ3) is 2.63. The Hall–Kier alpha value is -2.22. The number of ether oxygens (including phenoxy) is 1. The van der Waals surface area contributed by atoms with Gasteiger partial charge in [0.2, 0.25) is 0 Å². The van der Waals surface area contributed by atoms with Gasteiger partial charge in [-0.25, -0.2) is 9.48 Å². The highest BCUT2D eigenvalue weighted by Gasteiger charge is 2.66. The molecule has 1 aliphatic rings. The van der Waals surface area contributed by atoms with Crippen LogP contribution in [0.4, 0.5) is 0 Å². The summed E-state index contributed by atoms with van der Waals surface area (Å²) < 4.78 is 6.57. The van der Waals surface area contributed by atoms with E-state index in [-0.39, 0.29) is 23.8 Å². The Morgan fingerprint density at radius 3 is 2.61 bits per heavy atom. The van der Waals surface area contributed by atoms with Gasteiger partial charge in [-0.05, 0) is 13.0 Å². The van der Waals surface area contributed by atoms with Gasteiger partial charge in [0.15, 0.2) is 0 Å². The molecule has 0 radical (unpaired) electrons. The van der Waals surface area contributed by atoms with Crippen molar-refractivity contribution >= 4 is 11.9 Å². The number of aryl methyl sites for hydroxylation is 1. The van der Waals surface area contributed by atoms with Crippen LogP contribution >= 0.6 is 0 Å². The summed E-state index contributed by atoms with van der Waals surface area (Å²) in [4.78, 5) is 35.5. The molecule has 23 heavy (non-hydrogen) atoms. The summed E-state index contributed by atoms with van der Waals surface area (Å²) in [5.74, 6) is -1.75. The van der Waals surface area contributed by atoms with Gasteiger partial charge < -0.3 is 15.2 Å². The van der Waals surface area contributed by atoms with Crippen LogP contribution < -0.4 is 10.9 Å². The lowest BCUT2D eigenvalue weighted by Crippen LogP contribution is -2.76. The van der Waals surface area contributed by atoms with Crippen molar-refractivity contribution in [2.75, 3.05) is 6.61 Å². The Morgan fingerprint density at radius 2 is 2.13 bits per heavy atom. The Balaban J connectivity index is 2.27. The molecule has 2 rings (SSSR count). The topological polar surface area (TPSA) is 111 Å². The summed E-state index contributed by atoms with van der Waals surface area (Å²) in [7, 11) is 1.42. The van der Waals surface area contributed by atoms with E-state index in [0.29, 0.717) is 6.61 Å². The fourth-order valence-corrected chi connectivity index (χ4v) is 2.92. The van der Waals surface area contributed by atoms with Crippen molar-refractivity contribution in [3.8, 4) is 0 Å². The zero-order valence-corrected chi connectivity index (χ0v) is 13.6. The first-order chi connectivity index (χ1) is 10.7. The molecular formula is C15H21N3O5. The number of carbonyl (C=O) groups is 2. The molecule has 2 N–H and O–H groups in total. The monoisotopic (exact) mass is 323 g/mol. The predicted molar refractivity (Wildman–Crippen MR) is 81.1 cm³/mol. The second-order valence-electron chi connectivity index (χ2n) is 6.21. The summed E-state index contributed by atoms with van der Waals surface area (Å²) >= 11 is 0. The van der Waals surface area contributed by atoms with Crippen molar-refractivity contribution in [1.82, 2.24) is 15.1 Å². The lowest BCUT2D eigenvalue weighted by Gasteiger charge is -2.58. The minimum atomic E-state index is -1.43. The van der Waals surface area contributed by atoms with Gasteiger partial charge in [0, 0.05) is 31.6 Å². The predicted octanol–water partition coefficient (Wildman–Crippen LogP) is 0.169. The largest absolute Gasteiger partial charge is 0.479 e. The number of carbonyl (C=O) groups excluding carboxylic acids is 1. The van der Waals surface area contributed by atoms with E-state index in [2.05, 4.69) is 10.4 Å². The number of aromatic nitrogens is 2. The number of nitrogens with one attached hydrogen (secondary N) is 1. The molecule has 1 aliphatic carbocycles. The van der Waals surface area contributed by atoms with Crippen molar-refractivity contribution in [1.29, 1.82) is 0 Å². The van der Waals surface area contributed by atoms with Gasteiger partial charge in [-0.1, -0.05) is 13.8 Å². The highest BCUT2D eigenvalue weighted by atomic mass is 16.5. The average Bonchev–Trinajstić information content (AvgIpc) is 2.48. The molecule has 1 heterocycles. The molecule has 8 nitrogen and oxygen atoms in total. The van der Waals surface area contributed by atoms with Crippen LogP contribution in [0.15, 0.2) is 16.9 Å². The SMILES string of the molecule is CCOC1CC(NC(=O)c2ccc(=O)n(C)n2)(C(=O)O)C1(C)C. The molecule has 2 atom stereocenters. The van der Waals surface area contributed by atoms with Crippen LogP contribution in [-0.2, 0) is 16.6 Å². The molecule has 1 fully saturated rings. The fourth-order valence-electron chi connectivity index (χ4n) is 2.92. The van der Waals surface area contributed by atoms with E-state index in [9.17, 15) is 19.5 Å². The summed E-state index contributed by atoms with van der Waals surface area (Å²) in [5, 5.41) is 16.1. The van der Waals surface area contributed by atoms with E-state index < -0.39 is 22.8 Å². The number of hydrogen-bond acceptors (Lipinski definition) is 5. The van der Waals surface area contributed by atoms with Crippen molar-refractivity contribution in [2.45, 2.75) is 38.8 Å². The quantitative estimate of drug-likeness (QED) is 0.799. The second-order valence-corrected chi connectivity index (χ2v) is 6.21. The van der Waals surface area contributed by atoms with E-state index in [0.717, 1.165) is 4.68 Å². The molecule has 1 amide bonds. The number of hydrogen-bond donors (Lipinski definition) is 2. The van der Waals surface area contributed by atoms with Crippen LogP contribution in [0, 0.1) is 5.41 Å². The Morgan fingerprint density at radius 1 is 1.48 bits per heavy atom. The van der Waals surface area contributed by atoms with E-state index in [1.807, 2.05) is 6.92 Å². The Labute approximate surface area is 133 Å². The maximum Gasteiger partial charge on any atom is 0.330 e. The van der Waals surface area contributed by atoms with Crippen molar-refractivity contribution < 1.29 is 19.4 Å². The van der Waals surface area contributed by atoms with Crippen LogP contribution in [0.3, 0.4) is 0 Å². The average molecular weight is 323 g/mol. The third-order valence-electron chi connectivity index (χ3n) is 4.65. The van der Waals surface area contributed by atoms with Gasteiger partial charge in [-0.15, -0.1) is 0 Å². The van der Waals surface area contributed by atoms with Gasteiger partial charge in [0.25, 0.3) is 11.5 Å². The molecule has 1 aromatic heterocycles. The Bertz CT molecular complexity index is 697. The lowest BCUT2D eigenvalue weighted by atomic mass is 9.54. The van der Waals surface area contributed by atoms with Crippen LogP contribution in [0.2, 0.25) is 0 Å². The maximum absolute atomic E-state index is 12.4. The van der Waals surface area contributed by atoms with Gasteiger partial charge in [-0.2, -0.15) is 5.10 Å². The molecule has 0 saturated heterocycles. The molecule has 0 bridgehead atoms. The third-order valence-corrected chi connectivity index (χ3v) is 4.65. The Kier molecular flexibility index (Phi) is 4.30. The molecule has 0 aliphatic heterocycles. The van der Waals surface area contributed by atoms with Crippen LogP contribution in [0.25, 0.3) is 0 Å². The van der Waals surface area contributed by atoms with Crippen molar-refractivity contribution in [3.05, 3.63) is 28.2 Å². The highest BCUT2D eigenvalue weighted by Crippen LogP contribution is 2.51.